The Morgan fingerprint density at radius 1 is 1.18 bits per heavy atom. The Kier molecular flexibility index (Phi) is 6.13. The second-order valence-electron chi connectivity index (χ2n) is 8.69. The van der Waals surface area contributed by atoms with Crippen molar-refractivity contribution in [2.75, 3.05) is 33.6 Å². The second-order valence-corrected chi connectivity index (χ2v) is 11.0. The lowest BCUT2D eigenvalue weighted by Gasteiger charge is -2.37. The van der Waals surface area contributed by atoms with Gasteiger partial charge < -0.3 is 19.5 Å². The fraction of sp³-hybridized carbons (Fsp3) is 0.545. The van der Waals surface area contributed by atoms with Crippen molar-refractivity contribution in [3.05, 3.63) is 28.4 Å². The molecule has 2 aliphatic heterocycles. The fourth-order valence-corrected chi connectivity index (χ4v) is 5.96. The Hall–Kier alpha value is -2.30. The van der Waals surface area contributed by atoms with Gasteiger partial charge in [-0.2, -0.15) is 0 Å². The molecule has 1 N–H and O–H groups in total. The predicted octanol–water partition coefficient (Wildman–Crippen LogP) is 2.18. The summed E-state index contributed by atoms with van der Waals surface area (Å²) < 4.78 is 41.6. The van der Waals surface area contributed by atoms with E-state index in [0.29, 0.717) is 38.0 Å². The number of hydrogen-bond acceptors (Lipinski definition) is 8. The summed E-state index contributed by atoms with van der Waals surface area (Å²) in [5.74, 6) is -0.801. The number of allylic oxidation sites excluding steroid dienone is 1. The van der Waals surface area contributed by atoms with Crippen molar-refractivity contribution in [1.29, 1.82) is 0 Å². The molecule has 1 aromatic rings. The van der Waals surface area contributed by atoms with E-state index in [2.05, 4.69) is 5.32 Å². The standard InChI is InChI=1S/C22H27ClN2O7S/c1-12-9-14(24-13-5-7-25(8-6-13)33(4,28)29)10-17(26)22(12)21(27)18-15(30-2)11-16(31-3)19(23)20(18)32-22/h10-13,24H,5-9H2,1-4H3. The lowest BCUT2D eigenvalue weighted by Crippen LogP contribution is -2.56. The third-order valence-electron chi connectivity index (χ3n) is 6.62. The molecule has 1 saturated heterocycles. The van der Waals surface area contributed by atoms with E-state index < -0.39 is 33.1 Å². The number of halogens is 1. The average molecular weight is 499 g/mol. The number of nitrogens with one attached hydrogen (secondary N) is 1. The summed E-state index contributed by atoms with van der Waals surface area (Å²) in [7, 11) is -0.349. The maximum Gasteiger partial charge on any atom is 0.236 e. The van der Waals surface area contributed by atoms with Gasteiger partial charge in [-0.15, -0.1) is 0 Å². The van der Waals surface area contributed by atoms with Crippen molar-refractivity contribution in [2.45, 2.75) is 37.8 Å². The normalized spacial score (nSPS) is 26.1. The van der Waals surface area contributed by atoms with Crippen LogP contribution in [0.3, 0.4) is 0 Å². The summed E-state index contributed by atoms with van der Waals surface area (Å²) in [5.41, 5.74) is -0.864. The number of Topliss-reactive ketones (excluding diaryl/α,β-unsaturated/α-hetero) is 1. The molecule has 33 heavy (non-hydrogen) atoms. The number of piperidine rings is 1. The molecule has 0 radical (unpaired) electrons. The second kappa shape index (κ2) is 8.48. The first-order valence-corrected chi connectivity index (χ1v) is 12.9. The molecule has 0 saturated carbocycles. The first kappa shape index (κ1) is 23.8. The van der Waals surface area contributed by atoms with Crippen LogP contribution in [0.2, 0.25) is 5.02 Å². The monoisotopic (exact) mass is 498 g/mol. The van der Waals surface area contributed by atoms with Crippen LogP contribution in [0.15, 0.2) is 17.8 Å². The van der Waals surface area contributed by atoms with Crippen molar-refractivity contribution in [2.24, 2.45) is 5.92 Å². The third kappa shape index (κ3) is 3.87. The van der Waals surface area contributed by atoms with Crippen LogP contribution in [0.5, 0.6) is 17.2 Å². The Morgan fingerprint density at radius 3 is 2.36 bits per heavy atom. The van der Waals surface area contributed by atoms with E-state index in [0.717, 1.165) is 0 Å². The molecule has 0 amide bonds. The van der Waals surface area contributed by atoms with Crippen molar-refractivity contribution in [1.82, 2.24) is 9.62 Å². The number of sulfonamides is 1. The Labute approximate surface area is 198 Å². The van der Waals surface area contributed by atoms with Gasteiger partial charge >= 0.3 is 0 Å². The van der Waals surface area contributed by atoms with E-state index in [9.17, 15) is 18.0 Å². The van der Waals surface area contributed by atoms with Crippen molar-refractivity contribution >= 4 is 33.2 Å². The number of fused-ring (bicyclic) bond motifs is 1. The molecule has 0 aromatic heterocycles. The zero-order valence-corrected chi connectivity index (χ0v) is 20.5. The van der Waals surface area contributed by atoms with Gasteiger partial charge in [0.2, 0.25) is 27.2 Å². The molecule has 4 rings (SSSR count). The first-order valence-electron chi connectivity index (χ1n) is 10.7. The maximum atomic E-state index is 13.5. The van der Waals surface area contributed by atoms with Crippen LogP contribution in [-0.2, 0) is 14.8 Å². The molecule has 2 unspecified atom stereocenters. The van der Waals surface area contributed by atoms with Crippen LogP contribution in [0.25, 0.3) is 0 Å². The van der Waals surface area contributed by atoms with Gasteiger partial charge in [0.05, 0.1) is 20.5 Å². The molecule has 180 valence electrons. The Balaban J connectivity index is 1.57. The Morgan fingerprint density at radius 2 is 1.82 bits per heavy atom. The van der Waals surface area contributed by atoms with E-state index in [1.807, 2.05) is 0 Å². The van der Waals surface area contributed by atoms with Gasteiger partial charge in [-0.1, -0.05) is 18.5 Å². The largest absolute Gasteiger partial charge is 0.496 e. The minimum atomic E-state index is -3.21. The van der Waals surface area contributed by atoms with E-state index in [1.54, 1.807) is 6.92 Å². The molecule has 1 aliphatic carbocycles. The average Bonchev–Trinajstić information content (AvgIpc) is 3.07. The summed E-state index contributed by atoms with van der Waals surface area (Å²) in [5, 5.41) is 3.48. The lowest BCUT2D eigenvalue weighted by atomic mass is 9.74. The lowest BCUT2D eigenvalue weighted by molar-refractivity contribution is -0.129. The molecule has 0 bridgehead atoms. The summed E-state index contributed by atoms with van der Waals surface area (Å²) in [6.45, 7) is 2.64. The number of methoxy groups -OCH3 is 2. The minimum Gasteiger partial charge on any atom is -0.496 e. The summed E-state index contributed by atoms with van der Waals surface area (Å²) in [4.78, 5) is 26.9. The molecule has 2 atom stereocenters. The molecule has 1 aromatic carbocycles. The van der Waals surface area contributed by atoms with Crippen LogP contribution in [-0.4, -0.2) is 69.5 Å². The van der Waals surface area contributed by atoms with Crippen molar-refractivity contribution in [3.8, 4) is 17.2 Å². The highest BCUT2D eigenvalue weighted by Gasteiger charge is 2.60. The van der Waals surface area contributed by atoms with E-state index in [-0.39, 0.29) is 33.9 Å². The molecule has 2 heterocycles. The topological polar surface area (TPSA) is 111 Å². The number of carbonyl (C=O) groups excluding carboxylic acids is 2. The van der Waals surface area contributed by atoms with Crippen molar-refractivity contribution < 1.29 is 32.2 Å². The SMILES string of the molecule is COc1cc(OC)c2c(c1Cl)OC1(C(=O)C=C(NC3CCN(S(C)(=O)=O)CC3)CC1C)C2=O. The molecular weight excluding hydrogens is 472 g/mol. The fourth-order valence-electron chi connectivity index (χ4n) is 4.82. The van der Waals surface area contributed by atoms with Gasteiger partial charge in [0.15, 0.2) is 5.75 Å². The maximum absolute atomic E-state index is 13.5. The highest BCUT2D eigenvalue weighted by molar-refractivity contribution is 7.88. The minimum absolute atomic E-state index is 0.0412. The van der Waals surface area contributed by atoms with Crippen molar-refractivity contribution in [3.63, 3.8) is 0 Å². The van der Waals surface area contributed by atoms with Crippen LogP contribution in [0.1, 0.15) is 36.5 Å². The Bertz CT molecular complexity index is 1140. The molecule has 3 aliphatic rings. The van der Waals surface area contributed by atoms with E-state index >= 15 is 0 Å². The number of hydrogen-bond donors (Lipinski definition) is 1. The van der Waals surface area contributed by atoms with E-state index in [1.165, 1.54) is 36.9 Å². The summed E-state index contributed by atoms with van der Waals surface area (Å²) in [6, 6.07) is 1.55. The summed E-state index contributed by atoms with van der Waals surface area (Å²) >= 11 is 6.40. The van der Waals surface area contributed by atoms with Gasteiger partial charge in [0.1, 0.15) is 22.1 Å². The van der Waals surface area contributed by atoms with Crippen LogP contribution in [0.4, 0.5) is 0 Å². The zero-order chi connectivity index (χ0) is 24.1. The third-order valence-corrected chi connectivity index (χ3v) is 8.28. The molecule has 1 spiro atoms. The predicted molar refractivity (Wildman–Crippen MR) is 122 cm³/mol. The van der Waals surface area contributed by atoms with Gasteiger partial charge in [0.25, 0.3) is 0 Å². The van der Waals surface area contributed by atoms with Gasteiger partial charge in [-0.05, 0) is 19.3 Å². The highest BCUT2D eigenvalue weighted by atomic mass is 35.5. The van der Waals surface area contributed by atoms with Crippen LogP contribution >= 0.6 is 11.6 Å². The first-order chi connectivity index (χ1) is 15.5. The smallest absolute Gasteiger partial charge is 0.236 e. The number of carbonyl (C=O) groups is 2. The van der Waals surface area contributed by atoms with Gasteiger partial charge in [-0.25, -0.2) is 12.7 Å². The van der Waals surface area contributed by atoms with Gasteiger partial charge in [0, 0.05) is 42.9 Å². The number of ketones is 2. The van der Waals surface area contributed by atoms with E-state index in [4.69, 9.17) is 25.8 Å². The van der Waals surface area contributed by atoms with Gasteiger partial charge in [-0.3, -0.25) is 9.59 Å². The molecular formula is C22H27ClN2O7S. The molecule has 1 fully saturated rings. The number of rotatable bonds is 5. The molecule has 9 nitrogen and oxygen atoms in total. The highest BCUT2D eigenvalue weighted by Crippen LogP contribution is 2.52. The molecule has 11 heteroatoms. The van der Waals surface area contributed by atoms with Crippen LogP contribution < -0.4 is 19.5 Å². The number of ether oxygens (including phenoxy) is 3. The number of nitrogens with zero attached hydrogens (tertiary/aromatic N) is 1. The number of benzene rings is 1. The zero-order valence-electron chi connectivity index (χ0n) is 18.9. The van der Waals surface area contributed by atoms with Crippen LogP contribution in [0, 0.1) is 5.92 Å². The summed E-state index contributed by atoms with van der Waals surface area (Å²) in [6.07, 6.45) is 4.30. The quantitative estimate of drug-likeness (QED) is 0.615.